The van der Waals surface area contributed by atoms with Crippen LogP contribution >= 0.6 is 23.2 Å². The van der Waals surface area contributed by atoms with E-state index in [1.807, 2.05) is 0 Å². The van der Waals surface area contributed by atoms with Gasteiger partial charge in [0.15, 0.2) is 6.61 Å². The number of rotatable bonds is 6. The van der Waals surface area contributed by atoms with Crippen LogP contribution < -0.4 is 10.6 Å². The number of ether oxygens (including phenoxy) is 1. The summed E-state index contributed by atoms with van der Waals surface area (Å²) in [6, 6.07) is 4.23. The molecule has 8 heteroatoms. The van der Waals surface area contributed by atoms with Gasteiger partial charge in [-0.1, -0.05) is 23.2 Å². The van der Waals surface area contributed by atoms with Crippen LogP contribution in [0.25, 0.3) is 0 Å². The Hall–Kier alpha value is -1.79. The van der Waals surface area contributed by atoms with Crippen molar-refractivity contribution in [2.75, 3.05) is 19.7 Å². The first kappa shape index (κ1) is 17.3. The summed E-state index contributed by atoms with van der Waals surface area (Å²) in [5.41, 5.74) is 0.143. The van der Waals surface area contributed by atoms with E-state index in [4.69, 9.17) is 27.9 Å². The maximum absolute atomic E-state index is 11.7. The SMILES string of the molecule is CCNC(=O)CNC(=O)COC(=O)c1cc(Cl)cc(Cl)c1. The minimum atomic E-state index is -0.729. The fraction of sp³-hybridized carbons (Fsp3) is 0.308. The van der Waals surface area contributed by atoms with Gasteiger partial charge in [-0.15, -0.1) is 0 Å². The van der Waals surface area contributed by atoms with Crippen molar-refractivity contribution in [3.63, 3.8) is 0 Å². The van der Waals surface area contributed by atoms with Crippen molar-refractivity contribution in [1.29, 1.82) is 0 Å². The Balaban J connectivity index is 2.42. The monoisotopic (exact) mass is 332 g/mol. The van der Waals surface area contributed by atoms with Gasteiger partial charge in [-0.3, -0.25) is 9.59 Å². The number of carbonyl (C=O) groups is 3. The summed E-state index contributed by atoms with van der Waals surface area (Å²) in [5, 5.41) is 5.40. The van der Waals surface area contributed by atoms with Crippen molar-refractivity contribution in [2.24, 2.45) is 0 Å². The molecule has 0 aromatic heterocycles. The van der Waals surface area contributed by atoms with Crippen molar-refractivity contribution in [2.45, 2.75) is 6.92 Å². The molecule has 21 heavy (non-hydrogen) atoms. The molecule has 0 radical (unpaired) electrons. The van der Waals surface area contributed by atoms with E-state index < -0.39 is 18.5 Å². The second-order valence-electron chi connectivity index (χ2n) is 3.96. The molecular formula is C13H14Cl2N2O4. The lowest BCUT2D eigenvalue weighted by atomic mass is 10.2. The first-order valence-corrected chi connectivity index (χ1v) is 6.84. The maximum atomic E-state index is 11.7. The second kappa shape index (κ2) is 8.49. The van der Waals surface area contributed by atoms with Gasteiger partial charge in [-0.25, -0.2) is 4.79 Å². The van der Waals surface area contributed by atoms with E-state index in [1.165, 1.54) is 18.2 Å². The molecule has 1 aromatic rings. The summed E-state index contributed by atoms with van der Waals surface area (Å²) in [7, 11) is 0. The molecule has 1 rings (SSSR count). The topological polar surface area (TPSA) is 84.5 Å². The van der Waals surface area contributed by atoms with Crippen molar-refractivity contribution in [3.05, 3.63) is 33.8 Å². The number of benzene rings is 1. The Morgan fingerprint density at radius 1 is 1.05 bits per heavy atom. The third kappa shape index (κ3) is 6.46. The molecule has 0 aliphatic rings. The Kier molecular flexibility index (Phi) is 6.98. The van der Waals surface area contributed by atoms with Gasteiger partial charge in [-0.05, 0) is 25.1 Å². The normalized spacial score (nSPS) is 9.86. The minimum absolute atomic E-state index is 0.143. The highest BCUT2D eigenvalue weighted by Crippen LogP contribution is 2.19. The Morgan fingerprint density at radius 2 is 1.67 bits per heavy atom. The zero-order chi connectivity index (χ0) is 15.8. The largest absolute Gasteiger partial charge is 0.452 e. The van der Waals surface area contributed by atoms with Crippen LogP contribution in [0.2, 0.25) is 10.0 Å². The van der Waals surface area contributed by atoms with Gasteiger partial charge in [-0.2, -0.15) is 0 Å². The summed E-state index contributed by atoms with van der Waals surface area (Å²) in [6.07, 6.45) is 0. The zero-order valence-corrected chi connectivity index (χ0v) is 12.8. The second-order valence-corrected chi connectivity index (χ2v) is 4.84. The number of halogens is 2. The highest BCUT2D eigenvalue weighted by Gasteiger charge is 2.12. The zero-order valence-electron chi connectivity index (χ0n) is 11.2. The summed E-state index contributed by atoms with van der Waals surface area (Å²) >= 11 is 11.5. The van der Waals surface area contributed by atoms with Crippen molar-refractivity contribution in [1.82, 2.24) is 10.6 Å². The summed E-state index contributed by atoms with van der Waals surface area (Å²) in [5.74, 6) is -1.63. The molecule has 2 N–H and O–H groups in total. The molecule has 2 amide bonds. The molecule has 0 saturated carbocycles. The molecule has 0 spiro atoms. The molecule has 0 aliphatic carbocycles. The number of hydrogen-bond acceptors (Lipinski definition) is 4. The number of nitrogens with one attached hydrogen (secondary N) is 2. The smallest absolute Gasteiger partial charge is 0.338 e. The van der Waals surface area contributed by atoms with Crippen molar-refractivity contribution in [3.8, 4) is 0 Å². The molecule has 1 aromatic carbocycles. The minimum Gasteiger partial charge on any atom is -0.452 e. The lowest BCUT2D eigenvalue weighted by Gasteiger charge is -2.07. The Morgan fingerprint density at radius 3 is 2.24 bits per heavy atom. The van der Waals surface area contributed by atoms with Crippen molar-refractivity contribution >= 4 is 41.0 Å². The lowest BCUT2D eigenvalue weighted by Crippen LogP contribution is -2.38. The van der Waals surface area contributed by atoms with Crippen molar-refractivity contribution < 1.29 is 19.1 Å². The number of amides is 2. The number of likely N-dealkylation sites (N-methyl/N-ethyl adjacent to an activating group) is 1. The molecule has 0 unspecified atom stereocenters. The van der Waals surface area contributed by atoms with Crippen LogP contribution in [-0.4, -0.2) is 37.5 Å². The van der Waals surface area contributed by atoms with E-state index in [0.29, 0.717) is 6.54 Å². The van der Waals surface area contributed by atoms with E-state index in [9.17, 15) is 14.4 Å². The van der Waals surface area contributed by atoms with E-state index >= 15 is 0 Å². The molecule has 0 heterocycles. The number of hydrogen-bond donors (Lipinski definition) is 2. The van der Waals surface area contributed by atoms with E-state index in [0.717, 1.165) is 0 Å². The molecule has 0 aliphatic heterocycles. The quantitative estimate of drug-likeness (QED) is 0.771. The van der Waals surface area contributed by atoms with E-state index in [2.05, 4.69) is 10.6 Å². The fourth-order valence-corrected chi connectivity index (χ4v) is 1.90. The van der Waals surface area contributed by atoms with Gasteiger partial charge >= 0.3 is 5.97 Å². The Labute approximate surface area is 131 Å². The number of carbonyl (C=O) groups excluding carboxylic acids is 3. The van der Waals surface area contributed by atoms with Gasteiger partial charge in [0.1, 0.15) is 0 Å². The van der Waals surface area contributed by atoms with Crippen LogP contribution in [0.15, 0.2) is 18.2 Å². The standard InChI is InChI=1S/C13H14Cl2N2O4/c1-2-16-11(18)6-17-12(19)7-21-13(20)8-3-9(14)5-10(15)4-8/h3-5H,2,6-7H2,1H3,(H,16,18)(H,17,19). The lowest BCUT2D eigenvalue weighted by molar-refractivity contribution is -0.127. The van der Waals surface area contributed by atoms with Crippen LogP contribution in [-0.2, 0) is 14.3 Å². The third-order valence-corrected chi connectivity index (χ3v) is 2.69. The molecule has 0 atom stereocenters. The van der Waals surface area contributed by atoms with Crippen LogP contribution in [0, 0.1) is 0 Å². The predicted octanol–water partition coefficient (Wildman–Crippen LogP) is 1.40. The molecular weight excluding hydrogens is 319 g/mol. The summed E-state index contributed by atoms with van der Waals surface area (Å²) in [6.45, 7) is 1.56. The fourth-order valence-electron chi connectivity index (χ4n) is 1.38. The first-order chi connectivity index (χ1) is 9.92. The molecule has 0 bridgehead atoms. The molecule has 0 saturated heterocycles. The van der Waals surface area contributed by atoms with Gasteiger partial charge in [0.25, 0.3) is 5.91 Å². The van der Waals surface area contributed by atoms with Crippen LogP contribution in [0.4, 0.5) is 0 Å². The predicted molar refractivity (Wildman–Crippen MR) is 78.4 cm³/mol. The summed E-state index contributed by atoms with van der Waals surface area (Å²) < 4.78 is 4.79. The summed E-state index contributed by atoms with van der Waals surface area (Å²) in [4.78, 5) is 34.2. The van der Waals surface area contributed by atoms with Crippen LogP contribution in [0.5, 0.6) is 0 Å². The van der Waals surface area contributed by atoms with E-state index in [1.54, 1.807) is 6.92 Å². The highest BCUT2D eigenvalue weighted by atomic mass is 35.5. The Bertz CT molecular complexity index is 529. The molecule has 0 fully saturated rings. The first-order valence-electron chi connectivity index (χ1n) is 6.09. The van der Waals surface area contributed by atoms with Gasteiger partial charge in [0.05, 0.1) is 12.1 Å². The third-order valence-electron chi connectivity index (χ3n) is 2.25. The molecule has 6 nitrogen and oxygen atoms in total. The molecule has 114 valence electrons. The maximum Gasteiger partial charge on any atom is 0.338 e. The van der Waals surface area contributed by atoms with Gasteiger partial charge in [0, 0.05) is 16.6 Å². The van der Waals surface area contributed by atoms with E-state index in [-0.39, 0.29) is 28.1 Å². The highest BCUT2D eigenvalue weighted by molar-refractivity contribution is 6.35. The van der Waals surface area contributed by atoms with Crippen LogP contribution in [0.1, 0.15) is 17.3 Å². The van der Waals surface area contributed by atoms with Gasteiger partial charge < -0.3 is 15.4 Å². The average molecular weight is 333 g/mol. The number of esters is 1. The van der Waals surface area contributed by atoms with Gasteiger partial charge in [0.2, 0.25) is 5.91 Å². The van der Waals surface area contributed by atoms with Crippen LogP contribution in [0.3, 0.4) is 0 Å². The average Bonchev–Trinajstić information content (AvgIpc) is 2.41.